The summed E-state index contributed by atoms with van der Waals surface area (Å²) in [7, 11) is 0. The molecule has 0 spiro atoms. The smallest absolute Gasteiger partial charge is 0.162 e. The van der Waals surface area contributed by atoms with Gasteiger partial charge in [0, 0.05) is 23.5 Å². The fraction of sp³-hybridized carbons (Fsp3) is 0.0476. The third kappa shape index (κ3) is 3.83. The lowest BCUT2D eigenvalue weighted by Crippen LogP contribution is -2.02. The van der Waals surface area contributed by atoms with Crippen molar-refractivity contribution in [2.75, 3.05) is 10.6 Å². The molecule has 30 heavy (non-hydrogen) atoms. The van der Waals surface area contributed by atoms with Gasteiger partial charge in [0.05, 0.1) is 10.4 Å². The number of halogens is 1. The maximum Gasteiger partial charge on any atom is 0.162 e. The van der Waals surface area contributed by atoms with E-state index in [4.69, 9.17) is 11.6 Å². The Morgan fingerprint density at radius 2 is 1.93 bits per heavy atom. The van der Waals surface area contributed by atoms with E-state index in [2.05, 4.69) is 60.0 Å². The van der Waals surface area contributed by atoms with Gasteiger partial charge < -0.3 is 10.6 Å². The lowest BCUT2D eigenvalue weighted by Gasteiger charge is -2.09. The van der Waals surface area contributed by atoms with Crippen LogP contribution in [0.2, 0.25) is 5.02 Å². The Morgan fingerprint density at radius 3 is 2.73 bits per heavy atom. The highest BCUT2D eigenvalue weighted by molar-refractivity contribution is 7.13. The number of H-pyrrole nitrogens is 1. The number of aromatic amines is 1. The van der Waals surface area contributed by atoms with Crippen LogP contribution in [0.25, 0.3) is 21.5 Å². The molecule has 0 atom stereocenters. The quantitative estimate of drug-likeness (QED) is 0.328. The Bertz CT molecular complexity index is 1280. The van der Waals surface area contributed by atoms with Crippen molar-refractivity contribution in [1.29, 1.82) is 0 Å². The van der Waals surface area contributed by atoms with Gasteiger partial charge in [0.1, 0.15) is 17.5 Å². The molecule has 3 N–H and O–H groups in total. The van der Waals surface area contributed by atoms with Crippen LogP contribution in [-0.4, -0.2) is 25.1 Å². The molecule has 0 aliphatic heterocycles. The van der Waals surface area contributed by atoms with Gasteiger partial charge in [0.25, 0.3) is 0 Å². The van der Waals surface area contributed by atoms with Gasteiger partial charge in [-0.05, 0) is 29.3 Å². The number of rotatable bonds is 6. The summed E-state index contributed by atoms with van der Waals surface area (Å²) in [5, 5.41) is 15.4. The lowest BCUT2D eigenvalue weighted by molar-refractivity contribution is 1.05. The van der Waals surface area contributed by atoms with Crippen LogP contribution in [0.15, 0.2) is 66.6 Å². The maximum absolute atomic E-state index is 6.09. The topological polar surface area (TPSA) is 91.4 Å². The molecule has 3 aromatic heterocycles. The first-order valence-electron chi connectivity index (χ1n) is 9.19. The summed E-state index contributed by atoms with van der Waals surface area (Å²) in [6.45, 7) is 0.619. The average molecular weight is 434 g/mol. The Labute approximate surface area is 181 Å². The van der Waals surface area contributed by atoms with E-state index in [9.17, 15) is 0 Å². The summed E-state index contributed by atoms with van der Waals surface area (Å²) in [6, 6.07) is 15.9. The Morgan fingerprint density at radius 1 is 1.03 bits per heavy atom. The van der Waals surface area contributed by atoms with Crippen LogP contribution >= 0.6 is 22.9 Å². The number of fused-ring (bicyclic) bond motifs is 1. The van der Waals surface area contributed by atoms with Gasteiger partial charge in [-0.3, -0.25) is 10.1 Å². The third-order valence-corrected chi connectivity index (χ3v) is 5.63. The van der Waals surface area contributed by atoms with Gasteiger partial charge in [0.2, 0.25) is 0 Å². The average Bonchev–Trinajstić information content (AvgIpc) is 3.44. The predicted molar refractivity (Wildman–Crippen MR) is 121 cm³/mol. The summed E-state index contributed by atoms with van der Waals surface area (Å²) in [5.41, 5.74) is 5.63. The zero-order valence-corrected chi connectivity index (χ0v) is 17.2. The van der Waals surface area contributed by atoms with Crippen molar-refractivity contribution in [3.8, 4) is 10.4 Å². The first-order chi connectivity index (χ1) is 14.8. The minimum Gasteiger partial charge on any atom is -0.364 e. The SMILES string of the molecule is Clc1cccc(Nc2ncnc3[nH]nc(NCc4ccc(-c5cncs5)cc4)c23)c1. The van der Waals surface area contributed by atoms with E-state index in [-0.39, 0.29) is 0 Å². The number of hydrogen-bond acceptors (Lipinski definition) is 7. The van der Waals surface area contributed by atoms with Crippen LogP contribution < -0.4 is 10.6 Å². The van der Waals surface area contributed by atoms with Gasteiger partial charge in [-0.1, -0.05) is 41.9 Å². The molecule has 5 aromatic rings. The number of nitrogens with one attached hydrogen (secondary N) is 3. The second-order valence-corrected chi connectivity index (χ2v) is 7.89. The molecule has 0 amide bonds. The fourth-order valence-corrected chi connectivity index (χ4v) is 3.94. The first kappa shape index (κ1) is 18.5. The lowest BCUT2D eigenvalue weighted by atomic mass is 10.1. The predicted octanol–water partition coefficient (Wildman–Crippen LogP) is 5.49. The molecule has 0 saturated carbocycles. The molecule has 9 heteroatoms. The molecule has 0 aliphatic rings. The molecule has 5 rings (SSSR count). The van der Waals surface area contributed by atoms with E-state index in [1.54, 1.807) is 11.3 Å². The van der Waals surface area contributed by atoms with Crippen molar-refractivity contribution in [1.82, 2.24) is 25.1 Å². The highest BCUT2D eigenvalue weighted by Crippen LogP contribution is 2.29. The van der Waals surface area contributed by atoms with Crippen LogP contribution in [0.3, 0.4) is 0 Å². The van der Waals surface area contributed by atoms with E-state index in [0.29, 0.717) is 28.9 Å². The molecule has 0 unspecified atom stereocenters. The van der Waals surface area contributed by atoms with Crippen molar-refractivity contribution in [2.24, 2.45) is 0 Å². The number of nitrogens with zero attached hydrogens (tertiary/aromatic N) is 4. The van der Waals surface area contributed by atoms with E-state index in [1.807, 2.05) is 36.0 Å². The summed E-state index contributed by atoms with van der Waals surface area (Å²) in [5.74, 6) is 1.33. The minimum absolute atomic E-state index is 0.619. The molecule has 2 aromatic carbocycles. The van der Waals surface area contributed by atoms with Crippen LogP contribution in [0, 0.1) is 0 Å². The fourth-order valence-electron chi connectivity index (χ4n) is 3.12. The van der Waals surface area contributed by atoms with Crippen molar-refractivity contribution >= 4 is 51.3 Å². The van der Waals surface area contributed by atoms with Crippen LogP contribution in [0.1, 0.15) is 5.56 Å². The molecule has 0 aliphatic carbocycles. The Balaban J connectivity index is 1.37. The van der Waals surface area contributed by atoms with Gasteiger partial charge >= 0.3 is 0 Å². The van der Waals surface area contributed by atoms with Gasteiger partial charge in [-0.15, -0.1) is 11.3 Å². The number of thiazole rings is 1. The number of hydrogen-bond donors (Lipinski definition) is 3. The van der Waals surface area contributed by atoms with Crippen LogP contribution in [0.5, 0.6) is 0 Å². The minimum atomic E-state index is 0.619. The molecule has 3 heterocycles. The third-order valence-electron chi connectivity index (χ3n) is 4.58. The van der Waals surface area contributed by atoms with E-state index in [0.717, 1.165) is 27.1 Å². The van der Waals surface area contributed by atoms with Crippen molar-refractivity contribution < 1.29 is 0 Å². The summed E-state index contributed by atoms with van der Waals surface area (Å²) < 4.78 is 0. The molecular weight excluding hydrogens is 418 g/mol. The molecule has 148 valence electrons. The molecule has 0 saturated heterocycles. The highest BCUT2D eigenvalue weighted by atomic mass is 35.5. The summed E-state index contributed by atoms with van der Waals surface area (Å²) in [4.78, 5) is 14.0. The zero-order chi connectivity index (χ0) is 20.3. The van der Waals surface area contributed by atoms with E-state index >= 15 is 0 Å². The normalized spacial score (nSPS) is 11.0. The number of anilines is 3. The standard InChI is InChI=1S/C21H16ClN7S/c22-15-2-1-3-16(8-15)27-19-18-20(28-29-21(18)26-11-25-19)24-9-13-4-6-14(7-5-13)17-10-23-12-30-17/h1-8,10-12H,9H2,(H3,24,25,26,27,28,29). The number of benzene rings is 2. The molecular formula is C21H16ClN7S. The largest absolute Gasteiger partial charge is 0.364 e. The van der Waals surface area contributed by atoms with E-state index < -0.39 is 0 Å². The first-order valence-corrected chi connectivity index (χ1v) is 10.5. The van der Waals surface area contributed by atoms with Gasteiger partial charge in [0.15, 0.2) is 11.5 Å². The Hall–Kier alpha value is -3.49. The molecule has 0 bridgehead atoms. The summed E-state index contributed by atoms with van der Waals surface area (Å²) in [6.07, 6.45) is 3.37. The Kier molecular flexibility index (Phi) is 5.00. The van der Waals surface area contributed by atoms with Gasteiger partial charge in [-0.2, -0.15) is 5.10 Å². The summed E-state index contributed by atoms with van der Waals surface area (Å²) >= 11 is 7.72. The number of aromatic nitrogens is 5. The van der Waals surface area contributed by atoms with Crippen LogP contribution in [-0.2, 0) is 6.54 Å². The maximum atomic E-state index is 6.09. The second-order valence-electron chi connectivity index (χ2n) is 6.57. The second kappa shape index (κ2) is 8.10. The zero-order valence-electron chi connectivity index (χ0n) is 15.6. The molecule has 0 radical (unpaired) electrons. The van der Waals surface area contributed by atoms with Crippen LogP contribution in [0.4, 0.5) is 17.3 Å². The monoisotopic (exact) mass is 433 g/mol. The van der Waals surface area contributed by atoms with Crippen molar-refractivity contribution in [3.05, 3.63) is 77.2 Å². The van der Waals surface area contributed by atoms with Crippen molar-refractivity contribution in [3.63, 3.8) is 0 Å². The highest BCUT2D eigenvalue weighted by Gasteiger charge is 2.13. The van der Waals surface area contributed by atoms with E-state index in [1.165, 1.54) is 6.33 Å². The molecule has 7 nitrogen and oxygen atoms in total. The molecule has 0 fully saturated rings. The van der Waals surface area contributed by atoms with Gasteiger partial charge in [-0.25, -0.2) is 9.97 Å². The van der Waals surface area contributed by atoms with Crippen molar-refractivity contribution in [2.45, 2.75) is 6.54 Å².